The normalized spacial score (nSPS) is 18.1. The van der Waals surface area contributed by atoms with Crippen LogP contribution in [0.15, 0.2) is 18.3 Å². The summed E-state index contributed by atoms with van der Waals surface area (Å²) < 4.78 is 0. The Morgan fingerprint density at radius 2 is 2.27 bits per heavy atom. The van der Waals surface area contributed by atoms with Gasteiger partial charge in [-0.05, 0) is 49.3 Å². The van der Waals surface area contributed by atoms with Crippen LogP contribution in [0.4, 0.5) is 0 Å². The third-order valence-electron chi connectivity index (χ3n) is 3.25. The van der Waals surface area contributed by atoms with E-state index in [-0.39, 0.29) is 0 Å². The second-order valence-electron chi connectivity index (χ2n) is 4.45. The number of unbranched alkanes of at least 4 members (excludes halogenated alkanes) is 3. The van der Waals surface area contributed by atoms with E-state index in [1.54, 1.807) is 5.57 Å². The Morgan fingerprint density at radius 3 is 3.13 bits per heavy atom. The maximum Gasteiger partial charge on any atom is 0.0223 e. The van der Waals surface area contributed by atoms with Gasteiger partial charge in [-0.1, -0.05) is 25.8 Å². The number of nitrogens with one attached hydrogen (secondary N) is 1. The van der Waals surface area contributed by atoms with Crippen molar-refractivity contribution in [1.82, 2.24) is 4.98 Å². The highest BCUT2D eigenvalue weighted by atomic mass is 14.7. The first kappa shape index (κ1) is 10.5. The molecule has 15 heavy (non-hydrogen) atoms. The Balaban J connectivity index is 1.99. The van der Waals surface area contributed by atoms with E-state index in [9.17, 15) is 0 Å². The summed E-state index contributed by atoms with van der Waals surface area (Å²) in [4.78, 5) is 3.35. The number of fused-ring (bicyclic) bond motifs is 1. The molecule has 1 aromatic rings. The van der Waals surface area contributed by atoms with Gasteiger partial charge in [0.1, 0.15) is 0 Å². The number of hydrogen-bond acceptors (Lipinski definition) is 0. The number of rotatable bonds is 4. The van der Waals surface area contributed by atoms with Crippen molar-refractivity contribution in [3.63, 3.8) is 0 Å². The first-order chi connectivity index (χ1) is 7.42. The summed E-state index contributed by atoms with van der Waals surface area (Å²) in [5, 5.41) is 0. The predicted molar refractivity (Wildman–Crippen MR) is 65.8 cm³/mol. The van der Waals surface area contributed by atoms with Crippen molar-refractivity contribution >= 4 is 5.57 Å². The fourth-order valence-electron chi connectivity index (χ4n) is 2.38. The highest BCUT2D eigenvalue weighted by Crippen LogP contribution is 2.30. The van der Waals surface area contributed by atoms with Crippen LogP contribution in [0, 0.1) is 0 Å². The zero-order valence-corrected chi connectivity index (χ0v) is 9.68. The third kappa shape index (κ3) is 2.53. The lowest BCUT2D eigenvalue weighted by Crippen LogP contribution is -1.99. The molecule has 2 rings (SSSR count). The molecule has 0 unspecified atom stereocenters. The van der Waals surface area contributed by atoms with Crippen LogP contribution in [0.3, 0.4) is 0 Å². The summed E-state index contributed by atoms with van der Waals surface area (Å²) in [6, 6.07) is 2.24. The second kappa shape index (κ2) is 5.20. The van der Waals surface area contributed by atoms with E-state index < -0.39 is 0 Å². The minimum Gasteiger partial charge on any atom is -0.364 e. The van der Waals surface area contributed by atoms with Gasteiger partial charge in [-0.3, -0.25) is 0 Å². The molecule has 0 radical (unpaired) electrons. The lowest BCUT2D eigenvalue weighted by Gasteiger charge is -2.15. The van der Waals surface area contributed by atoms with Crippen LogP contribution in [0.25, 0.3) is 5.57 Å². The van der Waals surface area contributed by atoms with Crippen molar-refractivity contribution in [2.24, 2.45) is 0 Å². The molecule has 0 saturated heterocycles. The average molecular weight is 203 g/mol. The van der Waals surface area contributed by atoms with Gasteiger partial charge in [0.25, 0.3) is 0 Å². The van der Waals surface area contributed by atoms with Crippen molar-refractivity contribution in [2.45, 2.75) is 51.9 Å². The van der Waals surface area contributed by atoms with Crippen LogP contribution < -0.4 is 0 Å². The zero-order valence-electron chi connectivity index (χ0n) is 9.68. The zero-order chi connectivity index (χ0) is 10.5. The Morgan fingerprint density at radius 1 is 1.33 bits per heavy atom. The number of hydrogen-bond donors (Lipinski definition) is 1. The van der Waals surface area contributed by atoms with Crippen LogP contribution >= 0.6 is 0 Å². The van der Waals surface area contributed by atoms with Crippen LogP contribution in [-0.2, 0) is 6.42 Å². The van der Waals surface area contributed by atoms with Crippen LogP contribution in [0.1, 0.15) is 56.7 Å². The van der Waals surface area contributed by atoms with Gasteiger partial charge in [0.05, 0.1) is 0 Å². The molecule has 0 spiro atoms. The Bertz CT molecular complexity index is 333. The molecule has 0 atom stereocenters. The van der Waals surface area contributed by atoms with Gasteiger partial charge in [-0.25, -0.2) is 0 Å². The van der Waals surface area contributed by atoms with E-state index >= 15 is 0 Å². The Hall–Kier alpha value is -0.980. The minimum absolute atomic E-state index is 1.23. The monoisotopic (exact) mass is 203 g/mol. The molecule has 1 aromatic heterocycles. The van der Waals surface area contributed by atoms with E-state index in [1.807, 2.05) is 0 Å². The molecule has 0 saturated carbocycles. The van der Waals surface area contributed by atoms with Gasteiger partial charge in [-0.2, -0.15) is 0 Å². The van der Waals surface area contributed by atoms with E-state index in [2.05, 4.69) is 30.2 Å². The van der Waals surface area contributed by atoms with Gasteiger partial charge < -0.3 is 4.98 Å². The van der Waals surface area contributed by atoms with E-state index in [0.29, 0.717) is 0 Å². The average Bonchev–Trinajstić information content (AvgIpc) is 2.73. The molecule has 82 valence electrons. The van der Waals surface area contributed by atoms with Crippen molar-refractivity contribution in [3.8, 4) is 0 Å². The standard InChI is InChI=1S/C14H21N/c1-2-3-4-5-7-12-8-6-9-14-13(12)10-11-15-14/h7,10-11,15H,2-6,8-9H2,1H3. The molecule has 1 aliphatic carbocycles. The van der Waals surface area contributed by atoms with Crippen molar-refractivity contribution < 1.29 is 0 Å². The SMILES string of the molecule is CCCCCC=C1CCCc2[nH]ccc21. The number of aromatic amines is 1. The van der Waals surface area contributed by atoms with Gasteiger partial charge in [0.15, 0.2) is 0 Å². The van der Waals surface area contributed by atoms with E-state index in [0.717, 1.165) is 0 Å². The topological polar surface area (TPSA) is 15.8 Å². The van der Waals surface area contributed by atoms with Crippen LogP contribution in [0.2, 0.25) is 0 Å². The summed E-state index contributed by atoms with van der Waals surface area (Å²) in [5.41, 5.74) is 4.51. The van der Waals surface area contributed by atoms with Gasteiger partial charge in [0.2, 0.25) is 0 Å². The summed E-state index contributed by atoms with van der Waals surface area (Å²) in [6.45, 7) is 2.26. The fourth-order valence-corrected chi connectivity index (χ4v) is 2.38. The van der Waals surface area contributed by atoms with Crippen LogP contribution in [0.5, 0.6) is 0 Å². The van der Waals surface area contributed by atoms with Gasteiger partial charge >= 0.3 is 0 Å². The lowest BCUT2D eigenvalue weighted by atomic mass is 9.91. The molecular weight excluding hydrogens is 182 g/mol. The largest absolute Gasteiger partial charge is 0.364 e. The van der Waals surface area contributed by atoms with E-state index in [1.165, 1.54) is 56.2 Å². The summed E-state index contributed by atoms with van der Waals surface area (Å²) >= 11 is 0. The molecule has 0 amide bonds. The highest BCUT2D eigenvalue weighted by Gasteiger charge is 2.13. The maximum atomic E-state index is 3.35. The number of allylic oxidation sites excluding steroid dienone is 2. The molecule has 0 aromatic carbocycles. The number of aryl methyl sites for hydroxylation is 1. The smallest absolute Gasteiger partial charge is 0.0223 e. The third-order valence-corrected chi connectivity index (χ3v) is 3.25. The summed E-state index contributed by atoms with van der Waals surface area (Å²) in [6.07, 6.45) is 13.6. The number of aromatic nitrogens is 1. The first-order valence-electron chi connectivity index (χ1n) is 6.27. The molecule has 1 aliphatic rings. The Labute approximate surface area is 92.6 Å². The van der Waals surface area contributed by atoms with Gasteiger partial charge in [-0.15, -0.1) is 0 Å². The van der Waals surface area contributed by atoms with Crippen molar-refractivity contribution in [2.75, 3.05) is 0 Å². The highest BCUT2D eigenvalue weighted by molar-refractivity contribution is 5.69. The molecular formula is C14H21N. The second-order valence-corrected chi connectivity index (χ2v) is 4.45. The molecule has 1 heteroatoms. The van der Waals surface area contributed by atoms with Crippen molar-refractivity contribution in [3.05, 3.63) is 29.6 Å². The van der Waals surface area contributed by atoms with Gasteiger partial charge in [0, 0.05) is 11.9 Å². The molecule has 0 fully saturated rings. The predicted octanol–water partition coefficient (Wildman–Crippen LogP) is 4.31. The number of H-pyrrole nitrogens is 1. The molecule has 1 heterocycles. The fraction of sp³-hybridized carbons (Fsp3) is 0.571. The maximum absolute atomic E-state index is 3.35. The molecule has 1 nitrogen and oxygen atoms in total. The first-order valence-corrected chi connectivity index (χ1v) is 6.27. The quantitative estimate of drug-likeness (QED) is 0.702. The van der Waals surface area contributed by atoms with Crippen molar-refractivity contribution in [1.29, 1.82) is 0 Å². The molecule has 0 bridgehead atoms. The lowest BCUT2D eigenvalue weighted by molar-refractivity contribution is 0.726. The summed E-state index contributed by atoms with van der Waals surface area (Å²) in [7, 11) is 0. The molecule has 0 aliphatic heterocycles. The molecule has 1 N–H and O–H groups in total. The van der Waals surface area contributed by atoms with E-state index in [4.69, 9.17) is 0 Å². The van der Waals surface area contributed by atoms with Crippen LogP contribution in [-0.4, -0.2) is 4.98 Å². The summed E-state index contributed by atoms with van der Waals surface area (Å²) in [5.74, 6) is 0. The minimum atomic E-state index is 1.23. The Kier molecular flexibility index (Phi) is 3.65.